The van der Waals surface area contributed by atoms with Crippen molar-refractivity contribution in [2.24, 2.45) is 0 Å². The first kappa shape index (κ1) is 11.4. The maximum atomic E-state index is 11.8. The molecule has 1 aromatic carbocycles. The molecule has 17 heavy (non-hydrogen) atoms. The van der Waals surface area contributed by atoms with Gasteiger partial charge >= 0.3 is 0 Å². The average molecular weight is 226 g/mol. The molecule has 0 aliphatic heterocycles. The number of aromatic nitrogens is 1. The first-order chi connectivity index (χ1) is 8.02. The van der Waals surface area contributed by atoms with Crippen molar-refractivity contribution < 1.29 is 0 Å². The Balaban J connectivity index is 2.81. The lowest BCUT2D eigenvalue weighted by Crippen LogP contribution is -2.13. The first-order valence-electron chi connectivity index (χ1n) is 5.58. The Labute approximate surface area is 99.9 Å². The van der Waals surface area contributed by atoms with Crippen LogP contribution in [0, 0.1) is 13.5 Å². The number of fused-ring (bicyclic) bond motifs is 1. The number of benzene rings is 1. The SMILES string of the molecule is [C-]#[N+]c1cc2cc(C(C)C)c(=O)[nH]c2cc1C. The van der Waals surface area contributed by atoms with Crippen LogP contribution in [0.25, 0.3) is 15.7 Å². The zero-order valence-corrected chi connectivity index (χ0v) is 10.2. The Morgan fingerprint density at radius 2 is 2.00 bits per heavy atom. The fourth-order valence-electron chi connectivity index (χ4n) is 1.92. The molecule has 1 N–H and O–H groups in total. The molecule has 0 amide bonds. The van der Waals surface area contributed by atoms with E-state index in [-0.39, 0.29) is 11.5 Å². The Morgan fingerprint density at radius 1 is 1.29 bits per heavy atom. The number of pyridine rings is 1. The summed E-state index contributed by atoms with van der Waals surface area (Å²) in [7, 11) is 0. The van der Waals surface area contributed by atoms with Crippen molar-refractivity contribution in [2.45, 2.75) is 26.7 Å². The highest BCUT2D eigenvalue weighted by Gasteiger charge is 2.08. The van der Waals surface area contributed by atoms with Crippen molar-refractivity contribution >= 4 is 16.6 Å². The van der Waals surface area contributed by atoms with Crippen molar-refractivity contribution in [3.63, 3.8) is 0 Å². The van der Waals surface area contributed by atoms with Gasteiger partial charge in [0.1, 0.15) is 0 Å². The predicted octanol–water partition coefficient (Wildman–Crippen LogP) is 3.51. The summed E-state index contributed by atoms with van der Waals surface area (Å²) in [5.41, 5.74) is 3.05. The fourth-order valence-corrected chi connectivity index (χ4v) is 1.92. The van der Waals surface area contributed by atoms with Crippen LogP contribution in [0.1, 0.15) is 30.9 Å². The summed E-state index contributed by atoms with van der Waals surface area (Å²) in [4.78, 5) is 18.2. The summed E-state index contributed by atoms with van der Waals surface area (Å²) in [6, 6.07) is 5.57. The van der Waals surface area contributed by atoms with Gasteiger partial charge in [-0.2, -0.15) is 0 Å². The highest BCUT2D eigenvalue weighted by molar-refractivity contribution is 5.84. The summed E-state index contributed by atoms with van der Waals surface area (Å²) >= 11 is 0. The molecule has 86 valence electrons. The van der Waals surface area contributed by atoms with E-state index in [2.05, 4.69) is 9.83 Å². The third-order valence-electron chi connectivity index (χ3n) is 2.93. The summed E-state index contributed by atoms with van der Waals surface area (Å²) in [5.74, 6) is 0.181. The normalized spacial score (nSPS) is 10.8. The molecule has 0 aliphatic carbocycles. The molecule has 0 radical (unpaired) electrons. The maximum absolute atomic E-state index is 11.8. The molecule has 0 saturated heterocycles. The van der Waals surface area contributed by atoms with Gasteiger partial charge in [0.2, 0.25) is 0 Å². The summed E-state index contributed by atoms with van der Waals surface area (Å²) in [6.45, 7) is 12.9. The molecule has 3 heteroatoms. The monoisotopic (exact) mass is 226 g/mol. The fraction of sp³-hybridized carbons (Fsp3) is 0.286. The molecule has 2 rings (SSSR count). The number of nitrogens with zero attached hydrogens (tertiary/aromatic N) is 1. The lowest BCUT2D eigenvalue weighted by molar-refractivity contribution is 0.849. The van der Waals surface area contributed by atoms with Crippen LogP contribution in [0.5, 0.6) is 0 Å². The first-order valence-corrected chi connectivity index (χ1v) is 5.58. The summed E-state index contributed by atoms with van der Waals surface area (Å²) < 4.78 is 0. The molecule has 0 unspecified atom stereocenters. The molecule has 0 bridgehead atoms. The van der Waals surface area contributed by atoms with E-state index >= 15 is 0 Å². The minimum atomic E-state index is -0.0394. The average Bonchev–Trinajstić information content (AvgIpc) is 2.27. The van der Waals surface area contributed by atoms with Crippen LogP contribution in [0.2, 0.25) is 0 Å². The van der Waals surface area contributed by atoms with E-state index in [1.165, 1.54) is 0 Å². The quantitative estimate of drug-likeness (QED) is 0.742. The van der Waals surface area contributed by atoms with Crippen LogP contribution in [0.3, 0.4) is 0 Å². The molecule has 1 aromatic heterocycles. The van der Waals surface area contributed by atoms with Gasteiger partial charge in [0, 0.05) is 11.1 Å². The van der Waals surface area contributed by atoms with Crippen LogP contribution in [0.15, 0.2) is 23.0 Å². The smallest absolute Gasteiger partial charge is 0.251 e. The van der Waals surface area contributed by atoms with Gasteiger partial charge in [-0.25, -0.2) is 4.85 Å². The van der Waals surface area contributed by atoms with Gasteiger partial charge in [0.25, 0.3) is 5.56 Å². The van der Waals surface area contributed by atoms with Crippen LogP contribution in [-0.4, -0.2) is 4.98 Å². The predicted molar refractivity (Wildman–Crippen MR) is 69.7 cm³/mol. The number of hydrogen-bond donors (Lipinski definition) is 1. The highest BCUT2D eigenvalue weighted by atomic mass is 16.1. The van der Waals surface area contributed by atoms with Crippen LogP contribution in [-0.2, 0) is 0 Å². The summed E-state index contributed by atoms with van der Waals surface area (Å²) in [5, 5.41) is 0.921. The standard InChI is InChI=1S/C14H14N2O/c1-8(2)11-6-10-7-12(15-4)9(3)5-13(10)16-14(11)17/h5-8H,1-3H3,(H,16,17). The second-order valence-electron chi connectivity index (χ2n) is 4.55. The molecule has 0 aliphatic rings. The Hall–Kier alpha value is -2.08. The van der Waals surface area contributed by atoms with Crippen LogP contribution >= 0.6 is 0 Å². The molecule has 0 fully saturated rings. The van der Waals surface area contributed by atoms with Gasteiger partial charge in [-0.15, -0.1) is 0 Å². The molecular weight excluding hydrogens is 212 g/mol. The number of rotatable bonds is 1. The second-order valence-corrected chi connectivity index (χ2v) is 4.55. The lowest BCUT2D eigenvalue weighted by atomic mass is 10.0. The van der Waals surface area contributed by atoms with Gasteiger partial charge in [-0.1, -0.05) is 13.8 Å². The van der Waals surface area contributed by atoms with Gasteiger partial charge in [-0.3, -0.25) is 4.79 Å². The molecule has 2 aromatic rings. The Morgan fingerprint density at radius 3 is 2.59 bits per heavy atom. The van der Waals surface area contributed by atoms with Gasteiger partial charge in [0.05, 0.1) is 6.57 Å². The van der Waals surface area contributed by atoms with Gasteiger partial charge < -0.3 is 4.98 Å². The van der Waals surface area contributed by atoms with Gasteiger partial charge in [0.15, 0.2) is 5.69 Å². The maximum Gasteiger partial charge on any atom is 0.251 e. The zero-order chi connectivity index (χ0) is 12.6. The summed E-state index contributed by atoms with van der Waals surface area (Å²) in [6.07, 6.45) is 0. The molecule has 0 spiro atoms. The highest BCUT2D eigenvalue weighted by Crippen LogP contribution is 2.25. The third kappa shape index (κ3) is 1.94. The molecule has 0 saturated carbocycles. The van der Waals surface area contributed by atoms with E-state index < -0.39 is 0 Å². The number of H-pyrrole nitrogens is 1. The minimum absolute atomic E-state index is 0.0394. The van der Waals surface area contributed by atoms with Crippen molar-refractivity contribution in [3.8, 4) is 0 Å². The third-order valence-corrected chi connectivity index (χ3v) is 2.93. The number of aryl methyl sites for hydroxylation is 1. The number of nitrogens with one attached hydrogen (secondary N) is 1. The molecular formula is C14H14N2O. The van der Waals surface area contributed by atoms with Crippen LogP contribution < -0.4 is 5.56 Å². The van der Waals surface area contributed by atoms with E-state index in [0.717, 1.165) is 22.0 Å². The number of aromatic amines is 1. The van der Waals surface area contributed by atoms with E-state index in [0.29, 0.717) is 5.69 Å². The molecule has 3 nitrogen and oxygen atoms in total. The van der Waals surface area contributed by atoms with Crippen LogP contribution in [0.4, 0.5) is 5.69 Å². The molecule has 0 atom stereocenters. The van der Waals surface area contributed by atoms with E-state index in [9.17, 15) is 4.79 Å². The van der Waals surface area contributed by atoms with E-state index in [1.807, 2.05) is 39.0 Å². The largest absolute Gasteiger partial charge is 0.322 e. The zero-order valence-electron chi connectivity index (χ0n) is 10.2. The van der Waals surface area contributed by atoms with Crippen molar-refractivity contribution in [2.75, 3.05) is 0 Å². The molecule has 1 heterocycles. The van der Waals surface area contributed by atoms with Gasteiger partial charge in [-0.05, 0) is 42.0 Å². The lowest BCUT2D eigenvalue weighted by Gasteiger charge is -2.07. The van der Waals surface area contributed by atoms with E-state index in [4.69, 9.17) is 6.57 Å². The van der Waals surface area contributed by atoms with Crippen molar-refractivity contribution in [1.29, 1.82) is 0 Å². The van der Waals surface area contributed by atoms with E-state index in [1.54, 1.807) is 0 Å². The van der Waals surface area contributed by atoms with Crippen molar-refractivity contribution in [3.05, 3.63) is 51.1 Å². The van der Waals surface area contributed by atoms with Crippen molar-refractivity contribution in [1.82, 2.24) is 4.98 Å². The Kier molecular flexibility index (Phi) is 2.72. The Bertz CT molecular complexity index is 675. The second kappa shape index (κ2) is 4.06. The topological polar surface area (TPSA) is 37.2 Å². The number of hydrogen-bond acceptors (Lipinski definition) is 1. The minimum Gasteiger partial charge on any atom is -0.322 e.